The van der Waals surface area contributed by atoms with Gasteiger partial charge in [0, 0.05) is 11.1 Å². The Bertz CT molecular complexity index is 1170. The molecule has 3 aromatic carbocycles. The van der Waals surface area contributed by atoms with Crippen molar-refractivity contribution in [1.29, 1.82) is 0 Å². The van der Waals surface area contributed by atoms with Crippen LogP contribution in [-0.4, -0.2) is 14.9 Å². The second-order valence-corrected chi connectivity index (χ2v) is 6.07. The molecule has 0 bridgehead atoms. The normalized spacial score (nSPS) is 10.0. The van der Waals surface area contributed by atoms with E-state index >= 15 is 0 Å². The van der Waals surface area contributed by atoms with Gasteiger partial charge in [-0.1, -0.05) is 87.4 Å². The number of hydrogen-bond acceptors (Lipinski definition) is 3. The van der Waals surface area contributed by atoms with E-state index in [0.29, 0.717) is 0 Å². The zero-order valence-corrected chi connectivity index (χ0v) is 17.9. The third-order valence-electron chi connectivity index (χ3n) is 4.45. The van der Waals surface area contributed by atoms with Gasteiger partial charge in [-0.3, -0.25) is 0 Å². The Labute approximate surface area is 177 Å². The van der Waals surface area contributed by atoms with Crippen LogP contribution in [0.2, 0.25) is 0 Å². The van der Waals surface area contributed by atoms with E-state index < -0.39 is 0 Å². The smallest absolute Gasteiger partial charge is 0.174 e. The van der Waals surface area contributed by atoms with E-state index in [1.54, 1.807) is 0 Å². The van der Waals surface area contributed by atoms with Gasteiger partial charge < -0.3 is 4.52 Å². The van der Waals surface area contributed by atoms with Crippen LogP contribution in [0.5, 0.6) is 0 Å². The van der Waals surface area contributed by atoms with Gasteiger partial charge in [0.05, 0.1) is 23.0 Å². The molecule has 152 valence electrons. The third kappa shape index (κ3) is 4.18. The topological polar surface area (TPSA) is 43.9 Å². The number of nitrogens with zero attached hydrogens (tertiary/aromatic N) is 3. The number of benzene rings is 3. The number of rotatable bonds is 3. The van der Waals surface area contributed by atoms with Crippen molar-refractivity contribution >= 4 is 10.9 Å². The van der Waals surface area contributed by atoms with Crippen molar-refractivity contribution < 1.29 is 4.52 Å². The second-order valence-electron chi connectivity index (χ2n) is 6.07. The van der Waals surface area contributed by atoms with Gasteiger partial charge in [-0.25, -0.2) is 4.68 Å². The largest absolute Gasteiger partial charge is 0.355 e. The monoisotopic (exact) mass is 397 g/mol. The minimum atomic E-state index is 0.785. The molecule has 30 heavy (non-hydrogen) atoms. The lowest BCUT2D eigenvalue weighted by molar-refractivity contribution is 0.441. The summed E-state index contributed by atoms with van der Waals surface area (Å²) >= 11 is 0. The molecule has 0 saturated carbocycles. The summed E-state index contributed by atoms with van der Waals surface area (Å²) < 4.78 is 7.56. The molecule has 4 heteroatoms. The van der Waals surface area contributed by atoms with Crippen LogP contribution in [0.25, 0.3) is 39.2 Å². The van der Waals surface area contributed by atoms with Gasteiger partial charge in [-0.05, 0) is 30.3 Å². The van der Waals surface area contributed by atoms with Crippen LogP contribution in [0.3, 0.4) is 0 Å². The summed E-state index contributed by atoms with van der Waals surface area (Å²) in [5.74, 6) is 0.785. The molecule has 0 saturated heterocycles. The molecule has 0 unspecified atom stereocenters. The van der Waals surface area contributed by atoms with Crippen molar-refractivity contribution in [2.45, 2.75) is 27.7 Å². The summed E-state index contributed by atoms with van der Waals surface area (Å²) in [4.78, 5) is 0. The molecule has 4 nitrogen and oxygen atoms in total. The first-order valence-electron chi connectivity index (χ1n) is 10.4. The van der Waals surface area contributed by atoms with Gasteiger partial charge in [-0.2, -0.15) is 5.10 Å². The van der Waals surface area contributed by atoms with Crippen molar-refractivity contribution in [3.8, 4) is 28.3 Å². The number of fused-ring (bicyclic) bond motifs is 1. The van der Waals surface area contributed by atoms with Gasteiger partial charge in [0.2, 0.25) is 0 Å². The highest BCUT2D eigenvalue weighted by atomic mass is 16.5. The molecule has 0 aliphatic rings. The molecule has 5 aromatic rings. The van der Waals surface area contributed by atoms with Crippen molar-refractivity contribution in [2.75, 3.05) is 0 Å². The summed E-state index contributed by atoms with van der Waals surface area (Å²) in [7, 11) is 0. The Morgan fingerprint density at radius 3 is 2.07 bits per heavy atom. The predicted molar refractivity (Wildman–Crippen MR) is 125 cm³/mol. The summed E-state index contributed by atoms with van der Waals surface area (Å²) in [6.07, 6.45) is 1.82. The third-order valence-corrected chi connectivity index (χ3v) is 4.45. The fourth-order valence-corrected chi connectivity index (χ4v) is 3.20. The molecule has 0 spiro atoms. The molecule has 5 rings (SSSR count). The van der Waals surface area contributed by atoms with Gasteiger partial charge in [0.1, 0.15) is 5.52 Å². The molecule has 0 radical (unpaired) electrons. The first kappa shape index (κ1) is 21.1. The molecule has 0 fully saturated rings. The van der Waals surface area contributed by atoms with Crippen LogP contribution < -0.4 is 0 Å². The van der Waals surface area contributed by atoms with E-state index in [1.807, 2.05) is 111 Å². The fraction of sp³-hybridized carbons (Fsp3) is 0.154. The maximum Gasteiger partial charge on any atom is 0.174 e. The van der Waals surface area contributed by atoms with Crippen LogP contribution in [-0.2, 0) is 0 Å². The zero-order valence-electron chi connectivity index (χ0n) is 17.9. The molecule has 0 amide bonds. The van der Waals surface area contributed by atoms with E-state index in [9.17, 15) is 0 Å². The van der Waals surface area contributed by atoms with E-state index in [2.05, 4.69) is 22.4 Å². The van der Waals surface area contributed by atoms with Crippen LogP contribution in [0.1, 0.15) is 27.7 Å². The highest BCUT2D eigenvalue weighted by Gasteiger charge is 2.14. The van der Waals surface area contributed by atoms with E-state index in [0.717, 1.165) is 39.2 Å². The standard InChI is InChI=1S/C22H15N3O.2C2H6/c1-3-7-16(8-4-1)22-19-15-17(11-12-20(19)24-26-22)21-13-14-23-25(21)18-9-5-2-6-10-18;2*1-2/h1-15H;2*1-2H3. The number of hydrogen-bond donors (Lipinski definition) is 0. The summed E-state index contributed by atoms with van der Waals surface area (Å²) in [6, 6.07) is 28.3. The molecule has 0 aliphatic heterocycles. The average Bonchev–Trinajstić information content (AvgIpc) is 3.50. The maximum absolute atomic E-state index is 5.62. The summed E-state index contributed by atoms with van der Waals surface area (Å²) in [5, 5.41) is 9.68. The Kier molecular flexibility index (Phi) is 7.17. The molecule has 0 atom stereocenters. The first-order chi connectivity index (χ1) is 14.9. The molecule has 0 aliphatic carbocycles. The number of para-hydroxylation sites is 1. The lowest BCUT2D eigenvalue weighted by Gasteiger charge is -2.07. The molecular formula is C26H27N3O. The Morgan fingerprint density at radius 2 is 1.37 bits per heavy atom. The Balaban J connectivity index is 0.000000606. The van der Waals surface area contributed by atoms with E-state index in [1.165, 1.54) is 0 Å². The number of aromatic nitrogens is 3. The van der Waals surface area contributed by atoms with Crippen LogP contribution in [0, 0.1) is 0 Å². The summed E-state index contributed by atoms with van der Waals surface area (Å²) in [5.41, 5.74) is 4.99. The maximum atomic E-state index is 5.62. The molecular weight excluding hydrogens is 370 g/mol. The van der Waals surface area contributed by atoms with Crippen LogP contribution in [0.4, 0.5) is 0 Å². The van der Waals surface area contributed by atoms with E-state index in [4.69, 9.17) is 4.52 Å². The lowest BCUT2D eigenvalue weighted by atomic mass is 10.0. The van der Waals surface area contributed by atoms with Crippen molar-refractivity contribution in [3.63, 3.8) is 0 Å². The van der Waals surface area contributed by atoms with Crippen LogP contribution in [0.15, 0.2) is 95.6 Å². The van der Waals surface area contributed by atoms with Gasteiger partial charge in [0.15, 0.2) is 5.76 Å². The highest BCUT2D eigenvalue weighted by Crippen LogP contribution is 2.32. The quantitative estimate of drug-likeness (QED) is 0.318. The fourth-order valence-electron chi connectivity index (χ4n) is 3.20. The lowest BCUT2D eigenvalue weighted by Crippen LogP contribution is -1.98. The van der Waals surface area contributed by atoms with E-state index in [-0.39, 0.29) is 0 Å². The second kappa shape index (κ2) is 10.2. The van der Waals surface area contributed by atoms with Crippen molar-refractivity contribution in [1.82, 2.24) is 14.9 Å². The Hall–Kier alpha value is -3.66. The SMILES string of the molecule is CC.CC.c1ccc(-c2onc3ccc(-c4ccnn4-c4ccccc4)cc23)cc1. The average molecular weight is 398 g/mol. The van der Waals surface area contributed by atoms with Gasteiger partial charge in [0.25, 0.3) is 0 Å². The molecule has 2 aromatic heterocycles. The first-order valence-corrected chi connectivity index (χ1v) is 10.4. The van der Waals surface area contributed by atoms with Gasteiger partial charge >= 0.3 is 0 Å². The summed E-state index contributed by atoms with van der Waals surface area (Å²) in [6.45, 7) is 8.00. The zero-order chi connectivity index (χ0) is 21.3. The minimum absolute atomic E-state index is 0.785. The van der Waals surface area contributed by atoms with Crippen LogP contribution >= 0.6 is 0 Å². The van der Waals surface area contributed by atoms with Crippen molar-refractivity contribution in [2.24, 2.45) is 0 Å². The molecule has 0 N–H and O–H groups in total. The predicted octanol–water partition coefficient (Wildman–Crippen LogP) is 7.40. The highest BCUT2D eigenvalue weighted by molar-refractivity contribution is 5.94. The van der Waals surface area contributed by atoms with Crippen molar-refractivity contribution in [3.05, 3.63) is 91.1 Å². The minimum Gasteiger partial charge on any atom is -0.355 e. The Morgan fingerprint density at radius 1 is 0.700 bits per heavy atom. The van der Waals surface area contributed by atoms with Gasteiger partial charge in [-0.15, -0.1) is 0 Å². The molecule has 2 heterocycles.